The van der Waals surface area contributed by atoms with Crippen LogP contribution in [0, 0.1) is 0 Å². The minimum absolute atomic E-state index is 0.197. The van der Waals surface area contributed by atoms with Crippen molar-refractivity contribution in [3.8, 4) is 0 Å². The van der Waals surface area contributed by atoms with Crippen LogP contribution in [-0.2, 0) is 9.84 Å². The average molecular weight is 262 g/mol. The molecule has 0 aromatic heterocycles. The molecule has 1 heterocycles. The first kappa shape index (κ1) is 14.9. The molecule has 1 atom stereocenters. The van der Waals surface area contributed by atoms with Crippen molar-refractivity contribution in [1.29, 1.82) is 0 Å². The van der Waals surface area contributed by atoms with Crippen LogP contribution in [0.1, 0.15) is 33.1 Å². The summed E-state index contributed by atoms with van der Waals surface area (Å²) in [5.41, 5.74) is 0. The summed E-state index contributed by atoms with van der Waals surface area (Å²) in [4.78, 5) is 2.31. The molecule has 102 valence electrons. The van der Waals surface area contributed by atoms with Gasteiger partial charge < -0.3 is 5.32 Å². The molecule has 0 bridgehead atoms. The summed E-state index contributed by atoms with van der Waals surface area (Å²) in [6.45, 7) is 8.05. The third-order valence-electron chi connectivity index (χ3n) is 3.36. The molecule has 1 saturated heterocycles. The summed E-state index contributed by atoms with van der Waals surface area (Å²) in [7, 11) is -2.76. The zero-order valence-electron chi connectivity index (χ0n) is 11.1. The maximum Gasteiger partial charge on any atom is 0.153 e. The van der Waals surface area contributed by atoms with Crippen LogP contribution < -0.4 is 5.32 Å². The van der Waals surface area contributed by atoms with Crippen LogP contribution in [0.5, 0.6) is 0 Å². The molecule has 1 fully saturated rings. The smallest absolute Gasteiger partial charge is 0.153 e. The molecule has 0 aliphatic carbocycles. The number of sulfone groups is 1. The van der Waals surface area contributed by atoms with Crippen LogP contribution in [0.25, 0.3) is 0 Å². The molecule has 0 aromatic rings. The summed E-state index contributed by atoms with van der Waals surface area (Å²) in [5, 5.41) is 3.31. The standard InChI is InChI=1S/C12H26N2O2S/c1-3-13-7-5-4-6-8-14-9-10-17(15,16)11-12(14)2/h12-13H,3-11H2,1-2H3. The van der Waals surface area contributed by atoms with Crippen molar-refractivity contribution >= 4 is 9.84 Å². The summed E-state index contributed by atoms with van der Waals surface area (Å²) in [6, 6.07) is 0.197. The Labute approximate surface area is 106 Å². The second-order valence-electron chi connectivity index (χ2n) is 4.91. The third kappa shape index (κ3) is 5.84. The number of rotatable bonds is 7. The highest BCUT2D eigenvalue weighted by molar-refractivity contribution is 7.91. The van der Waals surface area contributed by atoms with Crippen molar-refractivity contribution in [2.24, 2.45) is 0 Å². The van der Waals surface area contributed by atoms with E-state index in [-0.39, 0.29) is 6.04 Å². The first-order chi connectivity index (χ1) is 8.05. The summed E-state index contributed by atoms with van der Waals surface area (Å²) < 4.78 is 22.8. The first-order valence-corrected chi connectivity index (χ1v) is 8.52. The van der Waals surface area contributed by atoms with Gasteiger partial charge in [-0.25, -0.2) is 8.42 Å². The second kappa shape index (κ2) is 7.34. The number of hydrogen-bond donors (Lipinski definition) is 1. The maximum atomic E-state index is 11.4. The molecule has 1 aliphatic rings. The molecule has 0 amide bonds. The Hall–Kier alpha value is -0.130. The number of nitrogens with one attached hydrogen (secondary N) is 1. The molecule has 4 nitrogen and oxygen atoms in total. The third-order valence-corrected chi connectivity index (χ3v) is 5.15. The Morgan fingerprint density at radius 1 is 1.29 bits per heavy atom. The van der Waals surface area contributed by atoms with Gasteiger partial charge in [0.25, 0.3) is 0 Å². The second-order valence-corrected chi connectivity index (χ2v) is 7.14. The van der Waals surface area contributed by atoms with Gasteiger partial charge >= 0.3 is 0 Å². The van der Waals surface area contributed by atoms with Crippen molar-refractivity contribution in [3.63, 3.8) is 0 Å². The summed E-state index contributed by atoms with van der Waals surface area (Å²) in [5.74, 6) is 0.680. The monoisotopic (exact) mass is 262 g/mol. The van der Waals surface area contributed by atoms with Crippen LogP contribution in [0.4, 0.5) is 0 Å². The van der Waals surface area contributed by atoms with Crippen LogP contribution in [0.3, 0.4) is 0 Å². The van der Waals surface area contributed by atoms with E-state index in [1.807, 2.05) is 6.92 Å². The zero-order chi connectivity index (χ0) is 12.7. The van der Waals surface area contributed by atoms with Gasteiger partial charge in [0.1, 0.15) is 0 Å². The fraction of sp³-hybridized carbons (Fsp3) is 1.00. The lowest BCUT2D eigenvalue weighted by atomic mass is 10.2. The molecule has 0 radical (unpaired) electrons. The Morgan fingerprint density at radius 3 is 2.71 bits per heavy atom. The van der Waals surface area contributed by atoms with E-state index >= 15 is 0 Å². The van der Waals surface area contributed by atoms with E-state index < -0.39 is 9.84 Å². The van der Waals surface area contributed by atoms with Crippen molar-refractivity contribution in [1.82, 2.24) is 10.2 Å². The van der Waals surface area contributed by atoms with Gasteiger partial charge in [0.2, 0.25) is 0 Å². The van der Waals surface area contributed by atoms with Crippen LogP contribution >= 0.6 is 0 Å². The lowest BCUT2D eigenvalue weighted by Crippen LogP contribution is -2.47. The SMILES string of the molecule is CCNCCCCCN1CCS(=O)(=O)CC1C. The average Bonchev–Trinajstić information content (AvgIpc) is 2.25. The summed E-state index contributed by atoms with van der Waals surface area (Å²) in [6.07, 6.45) is 3.62. The predicted molar refractivity (Wildman–Crippen MR) is 72.1 cm³/mol. The molecule has 0 aromatic carbocycles. The van der Waals surface area contributed by atoms with Crippen LogP contribution in [0.2, 0.25) is 0 Å². The normalized spacial score (nSPS) is 24.9. The highest BCUT2D eigenvalue weighted by Crippen LogP contribution is 2.12. The quantitative estimate of drug-likeness (QED) is 0.692. The predicted octanol–water partition coefficient (Wildman–Crippen LogP) is 0.885. The first-order valence-electron chi connectivity index (χ1n) is 6.70. The topological polar surface area (TPSA) is 49.4 Å². The van der Waals surface area contributed by atoms with Crippen molar-refractivity contribution < 1.29 is 8.42 Å². The molecule has 1 rings (SSSR count). The van der Waals surface area contributed by atoms with Gasteiger partial charge in [-0.05, 0) is 39.4 Å². The number of hydrogen-bond acceptors (Lipinski definition) is 4. The van der Waals surface area contributed by atoms with Crippen LogP contribution in [-0.4, -0.2) is 57.0 Å². The molecular formula is C12H26N2O2S. The highest BCUT2D eigenvalue weighted by atomic mass is 32.2. The van der Waals surface area contributed by atoms with E-state index in [1.54, 1.807) is 0 Å². The lowest BCUT2D eigenvalue weighted by molar-refractivity contribution is 0.222. The highest BCUT2D eigenvalue weighted by Gasteiger charge is 2.27. The Balaban J connectivity index is 2.12. The summed E-state index contributed by atoms with van der Waals surface area (Å²) >= 11 is 0. The van der Waals surface area contributed by atoms with E-state index in [2.05, 4.69) is 17.1 Å². The molecule has 5 heteroatoms. The largest absolute Gasteiger partial charge is 0.317 e. The zero-order valence-corrected chi connectivity index (χ0v) is 11.9. The van der Waals surface area contributed by atoms with E-state index in [0.29, 0.717) is 11.5 Å². The van der Waals surface area contributed by atoms with E-state index in [1.165, 1.54) is 19.3 Å². The van der Waals surface area contributed by atoms with Gasteiger partial charge in [0, 0.05) is 12.6 Å². The van der Waals surface area contributed by atoms with Crippen molar-refractivity contribution in [2.75, 3.05) is 37.7 Å². The fourth-order valence-corrected chi connectivity index (χ4v) is 3.91. The van der Waals surface area contributed by atoms with Gasteiger partial charge in [-0.15, -0.1) is 0 Å². The molecule has 1 unspecified atom stereocenters. The van der Waals surface area contributed by atoms with Crippen molar-refractivity contribution in [3.05, 3.63) is 0 Å². The van der Waals surface area contributed by atoms with Gasteiger partial charge in [-0.1, -0.05) is 13.3 Å². The van der Waals surface area contributed by atoms with Gasteiger partial charge in [0.15, 0.2) is 9.84 Å². The minimum Gasteiger partial charge on any atom is -0.317 e. The van der Waals surface area contributed by atoms with E-state index in [9.17, 15) is 8.42 Å². The minimum atomic E-state index is -2.76. The van der Waals surface area contributed by atoms with Crippen molar-refractivity contribution in [2.45, 2.75) is 39.2 Å². The Bertz CT molecular complexity index is 304. The lowest BCUT2D eigenvalue weighted by Gasteiger charge is -2.33. The van der Waals surface area contributed by atoms with Gasteiger partial charge in [-0.2, -0.15) is 0 Å². The Morgan fingerprint density at radius 2 is 2.06 bits per heavy atom. The van der Waals surface area contributed by atoms with E-state index in [0.717, 1.165) is 26.2 Å². The van der Waals surface area contributed by atoms with E-state index in [4.69, 9.17) is 0 Å². The Kier molecular flexibility index (Phi) is 6.44. The van der Waals surface area contributed by atoms with Gasteiger partial charge in [-0.3, -0.25) is 4.90 Å². The van der Waals surface area contributed by atoms with Crippen LogP contribution in [0.15, 0.2) is 0 Å². The fourth-order valence-electron chi connectivity index (χ4n) is 2.28. The molecular weight excluding hydrogens is 236 g/mol. The molecule has 1 aliphatic heterocycles. The van der Waals surface area contributed by atoms with Gasteiger partial charge in [0.05, 0.1) is 11.5 Å². The molecule has 0 spiro atoms. The molecule has 0 saturated carbocycles. The molecule has 1 N–H and O–H groups in total. The number of unbranched alkanes of at least 4 members (excludes halogenated alkanes) is 2. The molecule has 17 heavy (non-hydrogen) atoms. The maximum absolute atomic E-state index is 11.4. The number of nitrogens with zero attached hydrogens (tertiary/aromatic N) is 1.